The van der Waals surface area contributed by atoms with Gasteiger partial charge in [-0.1, -0.05) is 0 Å². The van der Waals surface area contributed by atoms with Crippen LogP contribution in [0.2, 0.25) is 9.70 Å². The number of hydrogen-bond acceptors (Lipinski definition) is 4. The van der Waals surface area contributed by atoms with E-state index in [4.69, 9.17) is 0 Å². The average molecular weight is 257 g/mol. The maximum absolute atomic E-state index is 11.1. The first-order valence-electron chi connectivity index (χ1n) is 4.36. The molecule has 15 heavy (non-hydrogen) atoms. The summed E-state index contributed by atoms with van der Waals surface area (Å²) in [4.78, 5) is 42.7. The number of Topliss-reactive ketones (excluding diaryl/α,β-unsaturated/α-hetero) is 4. The zero-order valence-electron chi connectivity index (χ0n) is 9.12. The summed E-state index contributed by atoms with van der Waals surface area (Å²) in [7, 11) is 0. The quantitative estimate of drug-likeness (QED) is 0.666. The van der Waals surface area contributed by atoms with Crippen molar-refractivity contribution in [3.05, 3.63) is 0 Å². The van der Waals surface area contributed by atoms with Crippen molar-refractivity contribution in [1.82, 2.24) is 0 Å². The molecular formula is C10H14CoO4. The summed E-state index contributed by atoms with van der Waals surface area (Å²) < 4.78 is 0. The Bertz CT molecular complexity index is 251. The molecular weight excluding hydrogens is 243 g/mol. The molecule has 0 N–H and O–H groups in total. The van der Waals surface area contributed by atoms with E-state index in [0.717, 1.165) is 0 Å². The number of hydrogen-bond donors (Lipinski definition) is 0. The molecule has 0 heterocycles. The third-order valence-corrected chi connectivity index (χ3v) is 3.96. The minimum atomic E-state index is -0.862. The molecule has 0 aromatic carbocycles. The number of carbonyl (C=O) groups is 4. The van der Waals surface area contributed by atoms with Crippen LogP contribution in [0.5, 0.6) is 0 Å². The summed E-state index contributed by atoms with van der Waals surface area (Å²) in [6.45, 7) is 5.15. The van der Waals surface area contributed by atoms with Gasteiger partial charge in [-0.15, -0.1) is 0 Å². The van der Waals surface area contributed by atoms with Gasteiger partial charge in [0.1, 0.15) is 0 Å². The third-order valence-electron chi connectivity index (χ3n) is 1.58. The van der Waals surface area contributed by atoms with Gasteiger partial charge in [-0.25, -0.2) is 0 Å². The van der Waals surface area contributed by atoms with Crippen molar-refractivity contribution in [2.75, 3.05) is 0 Å². The monoisotopic (exact) mass is 257 g/mol. The summed E-state index contributed by atoms with van der Waals surface area (Å²) >= 11 is 0.315. The molecule has 0 aromatic heterocycles. The first-order chi connectivity index (χ1) is 6.77. The van der Waals surface area contributed by atoms with Crippen LogP contribution in [0.3, 0.4) is 0 Å². The Labute approximate surface area is 94.8 Å². The van der Waals surface area contributed by atoms with Gasteiger partial charge in [0.05, 0.1) is 0 Å². The molecule has 0 aromatic rings. The summed E-state index contributed by atoms with van der Waals surface area (Å²) in [5, 5.41) is 0. The van der Waals surface area contributed by atoms with Gasteiger partial charge in [0, 0.05) is 0 Å². The van der Waals surface area contributed by atoms with Gasteiger partial charge >= 0.3 is 94.4 Å². The normalized spacial score (nSPS) is 10.8. The van der Waals surface area contributed by atoms with Gasteiger partial charge in [0.25, 0.3) is 0 Å². The Morgan fingerprint density at radius 3 is 1.00 bits per heavy atom. The van der Waals surface area contributed by atoms with E-state index in [9.17, 15) is 19.2 Å². The summed E-state index contributed by atoms with van der Waals surface area (Å²) in [5.41, 5.74) is 0. The molecule has 5 heteroatoms. The van der Waals surface area contributed by atoms with E-state index in [1.807, 2.05) is 0 Å². The van der Waals surface area contributed by atoms with Crippen LogP contribution in [0.25, 0.3) is 0 Å². The molecule has 4 nitrogen and oxygen atoms in total. The SMILES string of the molecule is CC(=O)[CH]([Co][CH](C(C)=O)C(C)=O)C(C)=O. The molecule has 0 saturated heterocycles. The van der Waals surface area contributed by atoms with Crippen molar-refractivity contribution in [3.63, 3.8) is 0 Å². The Kier molecular flexibility index (Phi) is 5.60. The summed E-state index contributed by atoms with van der Waals surface area (Å²) in [5.74, 6) is -1.24. The molecule has 0 fully saturated rings. The van der Waals surface area contributed by atoms with Crippen molar-refractivity contribution < 1.29 is 33.9 Å². The molecule has 0 amide bonds. The van der Waals surface area contributed by atoms with Crippen LogP contribution in [0.4, 0.5) is 0 Å². The van der Waals surface area contributed by atoms with Crippen LogP contribution in [0, 0.1) is 0 Å². The second-order valence-electron chi connectivity index (χ2n) is 3.23. The van der Waals surface area contributed by atoms with Crippen LogP contribution in [0.15, 0.2) is 0 Å². The van der Waals surface area contributed by atoms with E-state index in [0.29, 0.717) is 14.7 Å². The Morgan fingerprint density at radius 2 is 0.867 bits per heavy atom. The standard InChI is InChI=1S/2C5H7O2.Co/c2*1-4(6)3-5(2)7;/h2*3H,1-2H3;. The Balaban J connectivity index is 4.77. The fourth-order valence-corrected chi connectivity index (χ4v) is 2.32. The van der Waals surface area contributed by atoms with Crippen LogP contribution >= 0.6 is 0 Å². The molecule has 0 bridgehead atoms. The first kappa shape index (κ1) is 14.2. The minimum absolute atomic E-state index is 0.310. The van der Waals surface area contributed by atoms with Crippen molar-refractivity contribution >= 4 is 23.1 Å². The number of carbonyl (C=O) groups excluding carboxylic acids is 4. The molecule has 0 unspecified atom stereocenters. The van der Waals surface area contributed by atoms with Gasteiger partial charge in [-0.05, 0) is 0 Å². The zero-order chi connectivity index (χ0) is 12.2. The Hall–Kier alpha value is -0.814. The van der Waals surface area contributed by atoms with Crippen LogP contribution in [0.1, 0.15) is 27.7 Å². The fourth-order valence-electron chi connectivity index (χ4n) is 0.997. The maximum atomic E-state index is 11.1. The summed E-state index contributed by atoms with van der Waals surface area (Å²) in [6, 6.07) is 0. The van der Waals surface area contributed by atoms with Crippen molar-refractivity contribution in [2.45, 2.75) is 37.4 Å². The predicted molar refractivity (Wildman–Crippen MR) is 50.2 cm³/mol. The van der Waals surface area contributed by atoms with E-state index in [1.165, 1.54) is 27.7 Å². The van der Waals surface area contributed by atoms with E-state index in [2.05, 4.69) is 0 Å². The van der Waals surface area contributed by atoms with Crippen molar-refractivity contribution in [3.8, 4) is 0 Å². The van der Waals surface area contributed by atoms with Crippen LogP contribution in [-0.2, 0) is 33.9 Å². The molecule has 0 radical (unpaired) electrons. The zero-order valence-corrected chi connectivity index (χ0v) is 10.2. The van der Waals surface area contributed by atoms with Gasteiger partial charge in [0.2, 0.25) is 0 Å². The topological polar surface area (TPSA) is 68.3 Å². The van der Waals surface area contributed by atoms with Gasteiger partial charge in [0.15, 0.2) is 0 Å². The first-order valence-corrected chi connectivity index (χ1v) is 5.56. The molecule has 0 aliphatic heterocycles. The van der Waals surface area contributed by atoms with Crippen LogP contribution in [-0.4, -0.2) is 23.1 Å². The number of ketones is 4. The van der Waals surface area contributed by atoms with Gasteiger partial charge < -0.3 is 0 Å². The van der Waals surface area contributed by atoms with E-state index >= 15 is 0 Å². The second kappa shape index (κ2) is 5.92. The second-order valence-corrected chi connectivity index (χ2v) is 4.78. The Morgan fingerprint density at radius 1 is 0.667 bits per heavy atom. The summed E-state index contributed by atoms with van der Waals surface area (Å²) in [6.07, 6.45) is 0. The third kappa shape index (κ3) is 4.48. The van der Waals surface area contributed by atoms with E-state index < -0.39 is 9.70 Å². The number of rotatable bonds is 6. The molecule has 0 aliphatic carbocycles. The molecule has 87 valence electrons. The molecule has 0 rings (SSSR count). The predicted octanol–water partition coefficient (Wildman–Crippen LogP) is 1.00. The molecule has 0 aliphatic rings. The van der Waals surface area contributed by atoms with Gasteiger partial charge in [-0.3, -0.25) is 0 Å². The van der Waals surface area contributed by atoms with E-state index in [1.54, 1.807) is 0 Å². The van der Waals surface area contributed by atoms with Gasteiger partial charge in [-0.2, -0.15) is 0 Å². The molecule has 0 spiro atoms. The fraction of sp³-hybridized carbons (Fsp3) is 0.600. The average Bonchev–Trinajstić information content (AvgIpc) is 2.01. The van der Waals surface area contributed by atoms with E-state index in [-0.39, 0.29) is 23.1 Å². The van der Waals surface area contributed by atoms with Crippen LogP contribution < -0.4 is 0 Å². The molecule has 0 atom stereocenters. The van der Waals surface area contributed by atoms with Crippen molar-refractivity contribution in [1.29, 1.82) is 0 Å². The molecule has 0 saturated carbocycles. The van der Waals surface area contributed by atoms with Crippen molar-refractivity contribution in [2.24, 2.45) is 0 Å².